The average molecular weight is 265 g/mol. The molecule has 1 heterocycles. The van der Waals surface area contributed by atoms with Gasteiger partial charge in [0.15, 0.2) is 0 Å². The lowest BCUT2D eigenvalue weighted by molar-refractivity contribution is 0.0599. The van der Waals surface area contributed by atoms with Crippen molar-refractivity contribution >= 4 is 5.97 Å². The van der Waals surface area contributed by atoms with Crippen molar-refractivity contribution in [1.29, 1.82) is 0 Å². The van der Waals surface area contributed by atoms with Crippen LogP contribution in [0.25, 0.3) is 0 Å². The van der Waals surface area contributed by atoms with Gasteiger partial charge in [0.25, 0.3) is 0 Å². The minimum absolute atomic E-state index is 0.336. The Morgan fingerprint density at radius 2 is 2.26 bits per heavy atom. The molecule has 0 unspecified atom stereocenters. The van der Waals surface area contributed by atoms with Gasteiger partial charge in [0.05, 0.1) is 13.7 Å². The molecule has 19 heavy (non-hydrogen) atoms. The molecule has 1 N–H and O–H groups in total. The highest BCUT2D eigenvalue weighted by molar-refractivity contribution is 5.90. The molecule has 0 spiro atoms. The zero-order chi connectivity index (χ0) is 13.9. The van der Waals surface area contributed by atoms with E-state index in [4.69, 9.17) is 9.15 Å². The smallest absolute Gasteiger partial charge is 0.341 e. The number of rotatable bonds is 7. The van der Waals surface area contributed by atoms with Crippen molar-refractivity contribution in [2.24, 2.45) is 5.41 Å². The van der Waals surface area contributed by atoms with E-state index in [9.17, 15) is 4.79 Å². The van der Waals surface area contributed by atoms with Crippen LogP contribution < -0.4 is 5.32 Å². The zero-order valence-corrected chi connectivity index (χ0v) is 12.0. The minimum atomic E-state index is -0.336. The first-order valence-electron chi connectivity index (χ1n) is 6.98. The first kappa shape index (κ1) is 14.1. The first-order valence-corrected chi connectivity index (χ1v) is 6.98. The summed E-state index contributed by atoms with van der Waals surface area (Å²) in [6.07, 6.45) is 5.20. The molecule has 0 saturated heterocycles. The van der Waals surface area contributed by atoms with Crippen molar-refractivity contribution in [3.05, 3.63) is 23.2 Å². The Hall–Kier alpha value is -1.29. The summed E-state index contributed by atoms with van der Waals surface area (Å²) < 4.78 is 10.3. The van der Waals surface area contributed by atoms with Crippen LogP contribution in [0.4, 0.5) is 0 Å². The predicted octanol–water partition coefficient (Wildman–Crippen LogP) is 3.04. The molecular weight excluding hydrogens is 242 g/mol. The monoisotopic (exact) mass is 265 g/mol. The van der Waals surface area contributed by atoms with Gasteiger partial charge in [-0.1, -0.05) is 13.3 Å². The molecule has 1 aliphatic rings. The summed E-state index contributed by atoms with van der Waals surface area (Å²) in [6, 6.07) is 1.77. The van der Waals surface area contributed by atoms with Gasteiger partial charge < -0.3 is 14.5 Å². The number of carbonyl (C=O) groups excluding carboxylic acids is 1. The van der Waals surface area contributed by atoms with E-state index in [-0.39, 0.29) is 5.97 Å². The molecule has 0 radical (unpaired) electrons. The highest BCUT2D eigenvalue weighted by Crippen LogP contribution is 2.48. The summed E-state index contributed by atoms with van der Waals surface area (Å²) in [7, 11) is 1.38. The van der Waals surface area contributed by atoms with Crippen molar-refractivity contribution < 1.29 is 13.9 Å². The van der Waals surface area contributed by atoms with Gasteiger partial charge >= 0.3 is 5.97 Å². The second-order valence-electron chi connectivity index (χ2n) is 5.53. The summed E-state index contributed by atoms with van der Waals surface area (Å²) >= 11 is 0. The SMILES string of the molecule is CCCC1(CNCc2cc(C(=O)OC)c(C)o2)CC1. The third-order valence-corrected chi connectivity index (χ3v) is 3.91. The van der Waals surface area contributed by atoms with E-state index in [2.05, 4.69) is 12.2 Å². The van der Waals surface area contributed by atoms with Crippen LogP contribution in [0, 0.1) is 12.3 Å². The zero-order valence-electron chi connectivity index (χ0n) is 12.0. The molecule has 0 aliphatic heterocycles. The first-order chi connectivity index (χ1) is 9.10. The Morgan fingerprint density at radius 3 is 2.84 bits per heavy atom. The summed E-state index contributed by atoms with van der Waals surface area (Å²) in [4.78, 5) is 11.5. The Kier molecular flexibility index (Phi) is 4.30. The summed E-state index contributed by atoms with van der Waals surface area (Å²) in [6.45, 7) is 5.73. The number of hydrogen-bond acceptors (Lipinski definition) is 4. The van der Waals surface area contributed by atoms with Crippen LogP contribution in [0.2, 0.25) is 0 Å². The molecule has 106 valence electrons. The standard InChI is InChI=1S/C15H23NO3/c1-4-5-15(6-7-15)10-16-9-12-8-13(11(2)19-12)14(17)18-3/h8,16H,4-7,9-10H2,1-3H3. The Balaban J connectivity index is 1.85. The van der Waals surface area contributed by atoms with Crippen molar-refractivity contribution in [2.75, 3.05) is 13.7 Å². The maximum atomic E-state index is 11.5. The third-order valence-electron chi connectivity index (χ3n) is 3.91. The van der Waals surface area contributed by atoms with Gasteiger partial charge in [-0.05, 0) is 37.7 Å². The second-order valence-corrected chi connectivity index (χ2v) is 5.53. The van der Waals surface area contributed by atoms with E-state index in [0.29, 0.717) is 23.3 Å². The van der Waals surface area contributed by atoms with E-state index in [1.807, 2.05) is 0 Å². The van der Waals surface area contributed by atoms with Crippen molar-refractivity contribution in [1.82, 2.24) is 5.32 Å². The molecule has 1 saturated carbocycles. The minimum Gasteiger partial charge on any atom is -0.465 e. The van der Waals surface area contributed by atoms with E-state index in [1.165, 1.54) is 32.8 Å². The molecule has 0 aromatic carbocycles. The maximum absolute atomic E-state index is 11.5. The van der Waals surface area contributed by atoms with E-state index in [0.717, 1.165) is 12.3 Å². The normalized spacial score (nSPS) is 16.4. The average Bonchev–Trinajstić information content (AvgIpc) is 3.04. The number of hydrogen-bond donors (Lipinski definition) is 1. The lowest BCUT2D eigenvalue weighted by atomic mass is 10.0. The van der Waals surface area contributed by atoms with Crippen LogP contribution in [-0.2, 0) is 11.3 Å². The molecule has 0 atom stereocenters. The van der Waals surface area contributed by atoms with Crippen LogP contribution >= 0.6 is 0 Å². The second kappa shape index (κ2) is 5.78. The van der Waals surface area contributed by atoms with Crippen LogP contribution in [0.1, 0.15) is 54.5 Å². The highest BCUT2D eigenvalue weighted by Gasteiger charge is 2.40. The molecule has 4 nitrogen and oxygen atoms in total. The molecule has 0 amide bonds. The van der Waals surface area contributed by atoms with E-state index >= 15 is 0 Å². The van der Waals surface area contributed by atoms with Crippen molar-refractivity contribution in [2.45, 2.75) is 46.1 Å². The van der Waals surface area contributed by atoms with Crippen molar-refractivity contribution in [3.8, 4) is 0 Å². The fourth-order valence-corrected chi connectivity index (χ4v) is 2.62. The Bertz CT molecular complexity index is 446. The fourth-order valence-electron chi connectivity index (χ4n) is 2.62. The number of aryl methyl sites for hydroxylation is 1. The summed E-state index contributed by atoms with van der Waals surface area (Å²) in [5.41, 5.74) is 1.05. The number of nitrogens with one attached hydrogen (secondary N) is 1. The summed E-state index contributed by atoms with van der Waals surface area (Å²) in [5.74, 6) is 1.08. The van der Waals surface area contributed by atoms with Gasteiger partial charge in [-0.2, -0.15) is 0 Å². The van der Waals surface area contributed by atoms with E-state index in [1.54, 1.807) is 13.0 Å². The highest BCUT2D eigenvalue weighted by atomic mass is 16.5. The van der Waals surface area contributed by atoms with Gasteiger partial charge in [-0.15, -0.1) is 0 Å². The molecule has 4 heteroatoms. The van der Waals surface area contributed by atoms with Crippen LogP contribution in [0.3, 0.4) is 0 Å². The number of ether oxygens (including phenoxy) is 1. The third kappa shape index (κ3) is 3.38. The van der Waals surface area contributed by atoms with E-state index < -0.39 is 0 Å². The maximum Gasteiger partial charge on any atom is 0.341 e. The van der Waals surface area contributed by atoms with Crippen LogP contribution in [-0.4, -0.2) is 19.6 Å². The van der Waals surface area contributed by atoms with Gasteiger partial charge in [0.2, 0.25) is 0 Å². The largest absolute Gasteiger partial charge is 0.465 e. The molecule has 1 fully saturated rings. The predicted molar refractivity (Wildman–Crippen MR) is 73.1 cm³/mol. The lowest BCUT2D eigenvalue weighted by Crippen LogP contribution is -2.23. The van der Waals surface area contributed by atoms with Crippen molar-refractivity contribution in [3.63, 3.8) is 0 Å². The Morgan fingerprint density at radius 1 is 1.53 bits per heavy atom. The molecule has 1 aromatic rings. The number of esters is 1. The number of methoxy groups -OCH3 is 1. The molecule has 1 aromatic heterocycles. The quantitative estimate of drug-likeness (QED) is 0.770. The topological polar surface area (TPSA) is 51.5 Å². The van der Waals surface area contributed by atoms with Gasteiger partial charge in [0, 0.05) is 6.54 Å². The molecule has 0 bridgehead atoms. The molecular formula is C15H23NO3. The molecule has 2 rings (SSSR count). The van der Waals surface area contributed by atoms with Gasteiger partial charge in [-0.25, -0.2) is 4.79 Å². The lowest BCUT2D eigenvalue weighted by Gasteiger charge is -2.13. The number of carbonyl (C=O) groups is 1. The Labute approximate surface area is 114 Å². The molecule has 1 aliphatic carbocycles. The van der Waals surface area contributed by atoms with Gasteiger partial charge in [-0.3, -0.25) is 0 Å². The van der Waals surface area contributed by atoms with Gasteiger partial charge in [0.1, 0.15) is 17.1 Å². The number of furan rings is 1. The van der Waals surface area contributed by atoms with Crippen LogP contribution in [0.5, 0.6) is 0 Å². The summed E-state index contributed by atoms with van der Waals surface area (Å²) in [5, 5.41) is 3.44. The fraction of sp³-hybridized carbons (Fsp3) is 0.667. The van der Waals surface area contributed by atoms with Crippen LogP contribution in [0.15, 0.2) is 10.5 Å².